The summed E-state index contributed by atoms with van der Waals surface area (Å²) in [6.07, 6.45) is 2.52. The maximum Gasteiger partial charge on any atom is 0.387 e. The molecule has 0 radical (unpaired) electrons. The molecule has 1 aliphatic rings. The number of alkyl halides is 2. The molecular weight excluding hydrogens is 302 g/mol. The zero-order chi connectivity index (χ0) is 16.8. The van der Waals surface area contributed by atoms with Gasteiger partial charge in [0.25, 0.3) is 0 Å². The van der Waals surface area contributed by atoms with Crippen LogP contribution in [-0.2, 0) is 4.79 Å². The number of carbonyl (C=O) groups is 1. The summed E-state index contributed by atoms with van der Waals surface area (Å²) < 4.78 is 29.5. The number of anilines is 1. The summed E-state index contributed by atoms with van der Waals surface area (Å²) in [4.78, 5) is 12.3. The van der Waals surface area contributed by atoms with Crippen molar-refractivity contribution in [3.8, 4) is 5.75 Å². The lowest BCUT2D eigenvalue weighted by Gasteiger charge is -2.28. The normalized spacial score (nSPS) is 17.1. The van der Waals surface area contributed by atoms with Gasteiger partial charge in [0.2, 0.25) is 5.91 Å². The number of halogens is 2. The van der Waals surface area contributed by atoms with Crippen molar-refractivity contribution < 1.29 is 18.3 Å². The van der Waals surface area contributed by atoms with Crippen molar-refractivity contribution in [3.63, 3.8) is 0 Å². The molecule has 1 aromatic rings. The lowest BCUT2D eigenvalue weighted by molar-refractivity contribution is -0.117. The van der Waals surface area contributed by atoms with Crippen molar-refractivity contribution in [2.24, 2.45) is 11.8 Å². The van der Waals surface area contributed by atoms with Crippen LogP contribution in [-0.4, -0.2) is 25.6 Å². The van der Waals surface area contributed by atoms with E-state index in [1.165, 1.54) is 6.07 Å². The van der Waals surface area contributed by atoms with E-state index >= 15 is 0 Å². The van der Waals surface area contributed by atoms with Crippen LogP contribution < -0.4 is 15.4 Å². The van der Waals surface area contributed by atoms with Gasteiger partial charge in [0.05, 0.1) is 5.69 Å². The molecule has 0 spiro atoms. The Balaban J connectivity index is 1.99. The average Bonchev–Trinajstić information content (AvgIpc) is 2.51. The van der Waals surface area contributed by atoms with E-state index in [2.05, 4.69) is 22.3 Å². The van der Waals surface area contributed by atoms with Crippen LogP contribution in [0.5, 0.6) is 5.75 Å². The highest BCUT2D eigenvalue weighted by Crippen LogP contribution is 2.30. The van der Waals surface area contributed by atoms with Gasteiger partial charge in [-0.1, -0.05) is 19.1 Å². The second-order valence-corrected chi connectivity index (χ2v) is 6.14. The van der Waals surface area contributed by atoms with Gasteiger partial charge in [0, 0.05) is 6.42 Å². The molecule has 1 aromatic carbocycles. The molecule has 1 atom stereocenters. The lowest BCUT2D eigenvalue weighted by atomic mass is 9.84. The monoisotopic (exact) mass is 326 g/mol. The Bertz CT molecular complexity index is 531. The van der Waals surface area contributed by atoms with Gasteiger partial charge >= 0.3 is 6.61 Å². The van der Waals surface area contributed by atoms with E-state index in [0.29, 0.717) is 23.6 Å². The standard InChI is InChI=1S/C17H24F2N2O2/c1-11-4-3-5-14(23-17(18)19)16(11)21-15(22)10-12(2)13-6-8-20-9-7-13/h3-5,12-13,17,20H,6-10H2,1-2H3,(H,21,22). The minimum atomic E-state index is -2.92. The Kier molecular flexibility index (Phi) is 6.33. The molecule has 1 fully saturated rings. The minimum Gasteiger partial charge on any atom is -0.433 e. The van der Waals surface area contributed by atoms with E-state index in [4.69, 9.17) is 0 Å². The van der Waals surface area contributed by atoms with Crippen molar-refractivity contribution in [2.75, 3.05) is 18.4 Å². The van der Waals surface area contributed by atoms with E-state index in [1.807, 2.05) is 0 Å². The lowest BCUT2D eigenvalue weighted by Crippen LogP contribution is -2.32. The second-order valence-electron chi connectivity index (χ2n) is 6.14. The fourth-order valence-electron chi connectivity index (χ4n) is 3.06. The number of carbonyl (C=O) groups excluding carboxylic acids is 1. The predicted octanol–water partition coefficient (Wildman–Crippen LogP) is 3.56. The Labute approximate surface area is 135 Å². The minimum absolute atomic E-state index is 0.00266. The average molecular weight is 326 g/mol. The molecule has 0 aromatic heterocycles. The molecule has 0 aliphatic carbocycles. The van der Waals surface area contributed by atoms with Crippen LogP contribution in [0.15, 0.2) is 18.2 Å². The van der Waals surface area contributed by atoms with Crippen LogP contribution in [0.2, 0.25) is 0 Å². The SMILES string of the molecule is Cc1cccc(OC(F)F)c1NC(=O)CC(C)C1CCNCC1. The van der Waals surface area contributed by atoms with Gasteiger partial charge in [-0.2, -0.15) is 8.78 Å². The number of aryl methyl sites for hydroxylation is 1. The van der Waals surface area contributed by atoms with E-state index in [9.17, 15) is 13.6 Å². The van der Waals surface area contributed by atoms with Gasteiger partial charge in [0.15, 0.2) is 0 Å². The van der Waals surface area contributed by atoms with E-state index in [0.717, 1.165) is 25.9 Å². The van der Waals surface area contributed by atoms with Crippen LogP contribution in [0.4, 0.5) is 14.5 Å². The Morgan fingerprint density at radius 2 is 2.09 bits per heavy atom. The zero-order valence-electron chi connectivity index (χ0n) is 13.6. The van der Waals surface area contributed by atoms with Crippen molar-refractivity contribution in [3.05, 3.63) is 23.8 Å². The Morgan fingerprint density at radius 1 is 1.39 bits per heavy atom. The molecule has 2 N–H and O–H groups in total. The van der Waals surface area contributed by atoms with Gasteiger partial charge in [0.1, 0.15) is 5.75 Å². The molecular formula is C17H24F2N2O2. The summed E-state index contributed by atoms with van der Waals surface area (Å²) in [7, 11) is 0. The van der Waals surface area contributed by atoms with Gasteiger partial charge < -0.3 is 15.4 Å². The molecule has 0 bridgehead atoms. The first-order valence-electron chi connectivity index (χ1n) is 8.02. The molecule has 4 nitrogen and oxygen atoms in total. The fraction of sp³-hybridized carbons (Fsp3) is 0.588. The highest BCUT2D eigenvalue weighted by Gasteiger charge is 2.23. The second kappa shape index (κ2) is 8.24. The molecule has 23 heavy (non-hydrogen) atoms. The molecule has 0 saturated carbocycles. The summed E-state index contributed by atoms with van der Waals surface area (Å²) in [6.45, 7) is 2.89. The molecule has 1 saturated heterocycles. The molecule has 1 amide bonds. The largest absolute Gasteiger partial charge is 0.433 e. The number of rotatable bonds is 6. The number of hydrogen-bond donors (Lipinski definition) is 2. The van der Waals surface area contributed by atoms with Crippen LogP contribution in [0.25, 0.3) is 0 Å². The van der Waals surface area contributed by atoms with Crippen molar-refractivity contribution in [2.45, 2.75) is 39.7 Å². The van der Waals surface area contributed by atoms with E-state index in [1.54, 1.807) is 19.1 Å². The Morgan fingerprint density at radius 3 is 2.74 bits per heavy atom. The predicted molar refractivity (Wildman–Crippen MR) is 85.8 cm³/mol. The van der Waals surface area contributed by atoms with Crippen molar-refractivity contribution >= 4 is 11.6 Å². The molecule has 128 valence electrons. The van der Waals surface area contributed by atoms with E-state index in [-0.39, 0.29) is 17.6 Å². The first-order valence-corrected chi connectivity index (χ1v) is 8.02. The first kappa shape index (κ1) is 17.7. The number of piperidine rings is 1. The number of nitrogens with one attached hydrogen (secondary N) is 2. The van der Waals surface area contributed by atoms with Crippen molar-refractivity contribution in [1.82, 2.24) is 5.32 Å². The molecule has 1 aliphatic heterocycles. The molecule has 1 unspecified atom stereocenters. The van der Waals surface area contributed by atoms with Crippen molar-refractivity contribution in [1.29, 1.82) is 0 Å². The van der Waals surface area contributed by atoms with Crippen LogP contribution in [0.1, 0.15) is 31.7 Å². The maximum absolute atomic E-state index is 12.5. The zero-order valence-corrected chi connectivity index (χ0v) is 13.6. The first-order chi connectivity index (χ1) is 11.0. The number of amides is 1. The third-order valence-electron chi connectivity index (χ3n) is 4.41. The van der Waals surface area contributed by atoms with Gasteiger partial charge in [-0.05, 0) is 56.3 Å². The maximum atomic E-state index is 12.5. The third kappa shape index (κ3) is 5.16. The quantitative estimate of drug-likeness (QED) is 0.840. The molecule has 1 heterocycles. The molecule has 2 rings (SSSR count). The highest BCUT2D eigenvalue weighted by atomic mass is 19.3. The summed E-state index contributed by atoms with van der Waals surface area (Å²) in [5.74, 6) is 0.628. The van der Waals surface area contributed by atoms with Crippen LogP contribution in [0.3, 0.4) is 0 Å². The van der Waals surface area contributed by atoms with E-state index < -0.39 is 6.61 Å². The summed E-state index contributed by atoms with van der Waals surface area (Å²) in [5.41, 5.74) is 1.03. The molecule has 6 heteroatoms. The fourth-order valence-corrected chi connectivity index (χ4v) is 3.06. The number of ether oxygens (including phenoxy) is 1. The topological polar surface area (TPSA) is 50.4 Å². The van der Waals surface area contributed by atoms with Crippen LogP contribution in [0, 0.1) is 18.8 Å². The highest BCUT2D eigenvalue weighted by molar-refractivity contribution is 5.93. The van der Waals surface area contributed by atoms with Gasteiger partial charge in [-0.3, -0.25) is 4.79 Å². The van der Waals surface area contributed by atoms with Crippen LogP contribution >= 0.6 is 0 Å². The smallest absolute Gasteiger partial charge is 0.387 e. The summed E-state index contributed by atoms with van der Waals surface area (Å²) in [6, 6.07) is 4.82. The Hall–Kier alpha value is -1.69. The summed E-state index contributed by atoms with van der Waals surface area (Å²) in [5, 5.41) is 6.05. The number of para-hydroxylation sites is 1. The number of hydrogen-bond acceptors (Lipinski definition) is 3. The van der Waals surface area contributed by atoms with Gasteiger partial charge in [-0.25, -0.2) is 0 Å². The summed E-state index contributed by atoms with van der Waals surface area (Å²) >= 11 is 0. The third-order valence-corrected chi connectivity index (χ3v) is 4.41. The number of benzene rings is 1. The van der Waals surface area contributed by atoms with Gasteiger partial charge in [-0.15, -0.1) is 0 Å².